The van der Waals surface area contributed by atoms with Crippen LogP contribution in [0.5, 0.6) is 0 Å². The fourth-order valence-electron chi connectivity index (χ4n) is 3.20. The number of fused-ring (bicyclic) bond motifs is 1. The zero-order valence-electron chi connectivity index (χ0n) is 11.1. The van der Waals surface area contributed by atoms with Gasteiger partial charge in [-0.1, -0.05) is 0 Å². The van der Waals surface area contributed by atoms with Crippen molar-refractivity contribution in [1.82, 2.24) is 14.6 Å². The summed E-state index contributed by atoms with van der Waals surface area (Å²) in [6.45, 7) is 2.04. The summed E-state index contributed by atoms with van der Waals surface area (Å²) in [6, 6.07) is 3.40. The monoisotopic (exact) mass is 297 g/mol. The summed E-state index contributed by atoms with van der Waals surface area (Å²) in [5.74, 6) is 5.50. The van der Waals surface area contributed by atoms with Crippen LogP contribution in [-0.2, 0) is 10.0 Å². The van der Waals surface area contributed by atoms with Crippen LogP contribution in [0.1, 0.15) is 19.3 Å². The van der Waals surface area contributed by atoms with E-state index in [1.807, 2.05) is 0 Å². The average molecular weight is 297 g/mol. The molecule has 8 heteroatoms. The Morgan fingerprint density at radius 3 is 3.00 bits per heavy atom. The van der Waals surface area contributed by atoms with Gasteiger partial charge in [0.15, 0.2) is 5.82 Å². The number of nitrogens with one attached hydrogen (secondary N) is 2. The van der Waals surface area contributed by atoms with E-state index in [1.165, 1.54) is 12.3 Å². The molecule has 0 radical (unpaired) electrons. The molecule has 2 atom stereocenters. The number of hydrazine groups is 1. The Balaban J connectivity index is 1.82. The van der Waals surface area contributed by atoms with Crippen LogP contribution in [0.4, 0.5) is 5.82 Å². The molecule has 0 amide bonds. The number of hydrogen-bond donors (Lipinski definition) is 3. The van der Waals surface area contributed by atoms with Gasteiger partial charge in [-0.3, -0.25) is 4.90 Å². The van der Waals surface area contributed by atoms with Gasteiger partial charge in [0.25, 0.3) is 0 Å². The van der Waals surface area contributed by atoms with Gasteiger partial charge in [0.1, 0.15) is 4.90 Å². The van der Waals surface area contributed by atoms with Crippen molar-refractivity contribution in [2.24, 2.45) is 5.84 Å². The normalized spacial score (nSPS) is 26.6. The topological polar surface area (TPSA) is 100 Å². The third kappa shape index (κ3) is 2.39. The molecule has 7 nitrogen and oxygen atoms in total. The number of sulfonamides is 1. The lowest BCUT2D eigenvalue weighted by Gasteiger charge is -2.21. The van der Waals surface area contributed by atoms with Gasteiger partial charge in [0.05, 0.1) is 0 Å². The van der Waals surface area contributed by atoms with Gasteiger partial charge >= 0.3 is 0 Å². The van der Waals surface area contributed by atoms with Crippen molar-refractivity contribution in [3.8, 4) is 0 Å². The SMILES string of the molecule is NNc1ncccc1S(=O)(=O)NC1CCN2CCCC12. The number of nitrogens with two attached hydrogens (primary N) is 1. The van der Waals surface area contributed by atoms with E-state index in [0.29, 0.717) is 6.04 Å². The van der Waals surface area contributed by atoms with Crippen molar-refractivity contribution in [3.05, 3.63) is 18.3 Å². The number of hydrogen-bond acceptors (Lipinski definition) is 6. The van der Waals surface area contributed by atoms with E-state index in [9.17, 15) is 8.42 Å². The summed E-state index contributed by atoms with van der Waals surface area (Å²) in [7, 11) is -3.61. The lowest BCUT2D eigenvalue weighted by Crippen LogP contribution is -2.42. The Morgan fingerprint density at radius 2 is 2.20 bits per heavy atom. The molecule has 4 N–H and O–H groups in total. The molecule has 2 saturated heterocycles. The number of pyridine rings is 1. The first-order valence-electron chi connectivity index (χ1n) is 6.80. The van der Waals surface area contributed by atoms with E-state index in [4.69, 9.17) is 5.84 Å². The Morgan fingerprint density at radius 1 is 1.35 bits per heavy atom. The molecule has 20 heavy (non-hydrogen) atoms. The first-order chi connectivity index (χ1) is 9.62. The lowest BCUT2D eigenvalue weighted by molar-refractivity contribution is 0.309. The number of nitrogens with zero attached hydrogens (tertiary/aromatic N) is 2. The van der Waals surface area contributed by atoms with Crippen molar-refractivity contribution in [3.63, 3.8) is 0 Å². The quantitative estimate of drug-likeness (QED) is 0.529. The zero-order chi connectivity index (χ0) is 14.2. The summed E-state index contributed by atoms with van der Waals surface area (Å²) < 4.78 is 27.8. The molecular formula is C12H19N5O2S. The molecule has 110 valence electrons. The van der Waals surface area contributed by atoms with E-state index >= 15 is 0 Å². The largest absolute Gasteiger partial charge is 0.307 e. The van der Waals surface area contributed by atoms with Gasteiger partial charge in [-0.15, -0.1) is 0 Å². The molecule has 0 saturated carbocycles. The van der Waals surface area contributed by atoms with Gasteiger partial charge in [-0.05, 0) is 37.9 Å². The van der Waals surface area contributed by atoms with Crippen LogP contribution in [0.2, 0.25) is 0 Å². The van der Waals surface area contributed by atoms with E-state index in [-0.39, 0.29) is 16.8 Å². The second-order valence-corrected chi connectivity index (χ2v) is 6.94. The molecule has 3 heterocycles. The molecular weight excluding hydrogens is 278 g/mol. The molecule has 0 bridgehead atoms. The molecule has 0 aliphatic carbocycles. The van der Waals surface area contributed by atoms with Crippen molar-refractivity contribution < 1.29 is 8.42 Å². The molecule has 2 unspecified atom stereocenters. The van der Waals surface area contributed by atoms with Crippen LogP contribution in [0, 0.1) is 0 Å². The minimum Gasteiger partial charge on any atom is -0.307 e. The molecule has 2 fully saturated rings. The van der Waals surface area contributed by atoms with Gasteiger partial charge in [-0.2, -0.15) is 0 Å². The van der Waals surface area contributed by atoms with E-state index in [0.717, 1.165) is 32.4 Å². The third-order valence-electron chi connectivity index (χ3n) is 4.11. The highest BCUT2D eigenvalue weighted by Crippen LogP contribution is 2.29. The van der Waals surface area contributed by atoms with Gasteiger partial charge in [0, 0.05) is 24.8 Å². The molecule has 3 rings (SSSR count). The summed E-state index contributed by atoms with van der Waals surface area (Å²) in [5, 5.41) is 0. The highest BCUT2D eigenvalue weighted by molar-refractivity contribution is 7.89. The fraction of sp³-hybridized carbons (Fsp3) is 0.583. The highest BCUT2D eigenvalue weighted by atomic mass is 32.2. The second kappa shape index (κ2) is 5.28. The van der Waals surface area contributed by atoms with Crippen LogP contribution < -0.4 is 16.0 Å². The predicted octanol–water partition coefficient (Wildman–Crippen LogP) is -0.118. The summed E-state index contributed by atoms with van der Waals surface area (Å²) in [4.78, 5) is 6.39. The molecule has 0 spiro atoms. The highest BCUT2D eigenvalue weighted by Gasteiger charge is 2.39. The Labute approximate surface area is 118 Å². The van der Waals surface area contributed by atoms with Gasteiger partial charge in [-0.25, -0.2) is 24.0 Å². The predicted molar refractivity (Wildman–Crippen MR) is 75.4 cm³/mol. The molecule has 2 aliphatic heterocycles. The average Bonchev–Trinajstić information content (AvgIpc) is 3.04. The Kier molecular flexibility index (Phi) is 3.63. The molecule has 1 aromatic rings. The van der Waals surface area contributed by atoms with E-state index < -0.39 is 10.0 Å². The summed E-state index contributed by atoms with van der Waals surface area (Å²) in [5.41, 5.74) is 2.33. The lowest BCUT2D eigenvalue weighted by atomic mass is 10.1. The number of aromatic nitrogens is 1. The van der Waals surface area contributed by atoms with Crippen LogP contribution in [0.25, 0.3) is 0 Å². The summed E-state index contributed by atoms with van der Waals surface area (Å²) in [6.07, 6.45) is 4.56. The van der Waals surface area contributed by atoms with Crippen molar-refractivity contribution in [2.75, 3.05) is 18.5 Å². The fourth-order valence-corrected chi connectivity index (χ4v) is 4.62. The summed E-state index contributed by atoms with van der Waals surface area (Å²) >= 11 is 0. The minimum absolute atomic E-state index is 0.0201. The zero-order valence-corrected chi connectivity index (χ0v) is 11.9. The Hall–Kier alpha value is -1.22. The van der Waals surface area contributed by atoms with Gasteiger partial charge < -0.3 is 5.43 Å². The molecule has 1 aromatic heterocycles. The van der Waals surface area contributed by atoms with Crippen molar-refractivity contribution in [2.45, 2.75) is 36.2 Å². The second-order valence-electron chi connectivity index (χ2n) is 5.26. The molecule has 2 aliphatic rings. The first kappa shape index (κ1) is 13.7. The maximum atomic E-state index is 12.5. The first-order valence-corrected chi connectivity index (χ1v) is 8.28. The maximum Gasteiger partial charge on any atom is 0.244 e. The van der Waals surface area contributed by atoms with Crippen LogP contribution >= 0.6 is 0 Å². The van der Waals surface area contributed by atoms with Crippen LogP contribution in [0.15, 0.2) is 23.2 Å². The van der Waals surface area contributed by atoms with Crippen LogP contribution in [0.3, 0.4) is 0 Å². The molecule has 0 aromatic carbocycles. The standard InChI is InChI=1S/C12H19N5O2S/c13-15-12-11(4-1-6-14-12)20(18,19)16-9-5-8-17-7-2-3-10(9)17/h1,4,6,9-10,16H,2-3,5,7-8,13H2,(H,14,15). The van der Waals surface area contributed by atoms with Crippen LogP contribution in [-0.4, -0.2) is 43.5 Å². The van der Waals surface area contributed by atoms with E-state index in [2.05, 4.69) is 20.0 Å². The number of rotatable bonds is 4. The third-order valence-corrected chi connectivity index (χ3v) is 5.63. The minimum atomic E-state index is -3.61. The number of nitrogen functional groups attached to an aromatic ring is 1. The Bertz CT molecular complexity index is 591. The number of anilines is 1. The smallest absolute Gasteiger partial charge is 0.244 e. The van der Waals surface area contributed by atoms with Crippen molar-refractivity contribution >= 4 is 15.8 Å². The maximum absolute atomic E-state index is 12.5. The van der Waals surface area contributed by atoms with E-state index in [1.54, 1.807) is 6.07 Å². The van der Waals surface area contributed by atoms with Crippen molar-refractivity contribution in [1.29, 1.82) is 0 Å². The van der Waals surface area contributed by atoms with Gasteiger partial charge in [0.2, 0.25) is 10.0 Å².